The van der Waals surface area contributed by atoms with Crippen molar-refractivity contribution in [2.24, 2.45) is 5.92 Å². The van der Waals surface area contributed by atoms with E-state index in [0.29, 0.717) is 19.7 Å². The molecule has 0 spiro atoms. The number of alkyl halides is 2. The second-order valence-corrected chi connectivity index (χ2v) is 5.18. The van der Waals surface area contributed by atoms with Gasteiger partial charge in [-0.25, -0.2) is 8.78 Å². The van der Waals surface area contributed by atoms with Crippen molar-refractivity contribution < 1.29 is 18.3 Å². The van der Waals surface area contributed by atoms with E-state index in [0.717, 1.165) is 11.3 Å². The lowest BCUT2D eigenvalue weighted by atomic mass is 9.80. The van der Waals surface area contributed by atoms with Crippen molar-refractivity contribution in [1.29, 1.82) is 0 Å². The average Bonchev–Trinajstić information content (AvgIpc) is 2.57. The smallest absolute Gasteiger partial charge is 0.249 e. The van der Waals surface area contributed by atoms with Gasteiger partial charge < -0.3 is 9.64 Å². The molecule has 19 heavy (non-hydrogen) atoms. The molecule has 3 rings (SSSR count). The van der Waals surface area contributed by atoms with E-state index >= 15 is 0 Å². The summed E-state index contributed by atoms with van der Waals surface area (Å²) in [7, 11) is 0. The van der Waals surface area contributed by atoms with Crippen LogP contribution >= 0.6 is 0 Å². The highest BCUT2D eigenvalue weighted by atomic mass is 19.3. The molecule has 1 saturated carbocycles. The van der Waals surface area contributed by atoms with Gasteiger partial charge in [-0.1, -0.05) is 18.2 Å². The summed E-state index contributed by atoms with van der Waals surface area (Å²) in [4.78, 5) is 13.8. The van der Waals surface area contributed by atoms with Crippen LogP contribution in [0.25, 0.3) is 0 Å². The highest BCUT2D eigenvalue weighted by Gasteiger charge is 2.49. The largest absolute Gasteiger partial charge is 0.491 e. The molecular weight excluding hydrogens is 252 g/mol. The molecule has 0 aromatic heterocycles. The summed E-state index contributed by atoms with van der Waals surface area (Å²) in [6, 6.07) is 7.52. The third kappa shape index (κ3) is 2.41. The van der Waals surface area contributed by atoms with Crippen molar-refractivity contribution in [1.82, 2.24) is 4.90 Å². The summed E-state index contributed by atoms with van der Waals surface area (Å²) < 4.78 is 31.2. The highest BCUT2D eigenvalue weighted by molar-refractivity contribution is 5.80. The Morgan fingerprint density at radius 2 is 2.05 bits per heavy atom. The van der Waals surface area contributed by atoms with Crippen molar-refractivity contribution in [3.63, 3.8) is 0 Å². The number of para-hydroxylation sites is 1. The van der Waals surface area contributed by atoms with E-state index in [9.17, 15) is 13.6 Å². The van der Waals surface area contributed by atoms with Crippen LogP contribution in [0, 0.1) is 5.92 Å². The molecule has 3 nitrogen and oxygen atoms in total. The minimum Gasteiger partial charge on any atom is -0.491 e. The van der Waals surface area contributed by atoms with Gasteiger partial charge in [0.25, 0.3) is 0 Å². The SMILES string of the molecule is O=C(C1CC(F)(F)C1)N1CCOc2ccccc2C1. The molecule has 1 aromatic carbocycles. The van der Waals surface area contributed by atoms with Gasteiger partial charge in [-0.15, -0.1) is 0 Å². The number of ether oxygens (including phenoxy) is 1. The van der Waals surface area contributed by atoms with Gasteiger partial charge in [0.05, 0.1) is 6.54 Å². The van der Waals surface area contributed by atoms with Crippen LogP contribution in [0.2, 0.25) is 0 Å². The number of carbonyl (C=O) groups excluding carboxylic acids is 1. The second kappa shape index (κ2) is 4.47. The number of fused-ring (bicyclic) bond motifs is 1. The summed E-state index contributed by atoms with van der Waals surface area (Å²) in [6.07, 6.45) is -0.629. The topological polar surface area (TPSA) is 29.5 Å². The zero-order chi connectivity index (χ0) is 13.5. The zero-order valence-electron chi connectivity index (χ0n) is 10.4. The number of benzene rings is 1. The third-order valence-electron chi connectivity index (χ3n) is 3.70. The van der Waals surface area contributed by atoms with Gasteiger partial charge in [-0.2, -0.15) is 0 Å². The first-order valence-corrected chi connectivity index (χ1v) is 6.42. The molecule has 1 fully saturated rings. The molecule has 0 bridgehead atoms. The van der Waals surface area contributed by atoms with E-state index < -0.39 is 11.8 Å². The number of rotatable bonds is 1. The molecule has 0 unspecified atom stereocenters. The number of halogens is 2. The maximum Gasteiger partial charge on any atom is 0.249 e. The molecule has 1 aromatic rings. The minimum absolute atomic E-state index is 0.175. The Balaban J connectivity index is 1.71. The van der Waals surface area contributed by atoms with Gasteiger partial charge in [0, 0.05) is 30.9 Å². The van der Waals surface area contributed by atoms with Crippen LogP contribution in [-0.2, 0) is 11.3 Å². The predicted octanol–water partition coefficient (Wildman–Crippen LogP) is 2.45. The first-order valence-electron chi connectivity index (χ1n) is 6.42. The lowest BCUT2D eigenvalue weighted by Crippen LogP contribution is -2.47. The molecule has 1 aliphatic carbocycles. The highest BCUT2D eigenvalue weighted by Crippen LogP contribution is 2.43. The Hall–Kier alpha value is -1.65. The molecule has 0 saturated heterocycles. The van der Waals surface area contributed by atoms with Gasteiger partial charge in [0.1, 0.15) is 12.4 Å². The van der Waals surface area contributed by atoms with Crippen molar-refractivity contribution in [2.75, 3.05) is 13.2 Å². The molecule has 1 aliphatic heterocycles. The summed E-state index contributed by atoms with van der Waals surface area (Å²) in [5.74, 6) is -2.58. The summed E-state index contributed by atoms with van der Waals surface area (Å²) >= 11 is 0. The molecule has 102 valence electrons. The zero-order valence-corrected chi connectivity index (χ0v) is 10.4. The maximum atomic E-state index is 12.8. The Morgan fingerprint density at radius 1 is 1.32 bits per heavy atom. The van der Waals surface area contributed by atoms with Crippen LogP contribution < -0.4 is 4.74 Å². The fourth-order valence-electron chi connectivity index (χ4n) is 2.61. The standard InChI is InChI=1S/C14H15F2NO2/c15-14(16)7-11(8-14)13(18)17-5-6-19-12-4-2-1-3-10(12)9-17/h1-4,11H,5-9H2. The fraction of sp³-hybridized carbons (Fsp3) is 0.500. The number of carbonyl (C=O) groups is 1. The predicted molar refractivity (Wildman–Crippen MR) is 65.0 cm³/mol. The van der Waals surface area contributed by atoms with Crippen LogP contribution in [0.4, 0.5) is 8.78 Å². The molecular formula is C14H15F2NO2. The molecule has 2 aliphatic rings. The molecule has 0 radical (unpaired) electrons. The number of hydrogen-bond acceptors (Lipinski definition) is 2. The van der Waals surface area contributed by atoms with Crippen LogP contribution in [0.1, 0.15) is 18.4 Å². The quantitative estimate of drug-likeness (QED) is 0.782. The van der Waals surface area contributed by atoms with Crippen molar-refractivity contribution in [2.45, 2.75) is 25.3 Å². The maximum absolute atomic E-state index is 12.8. The third-order valence-corrected chi connectivity index (χ3v) is 3.70. The summed E-state index contributed by atoms with van der Waals surface area (Å²) in [5, 5.41) is 0. The molecule has 1 heterocycles. The lowest BCUT2D eigenvalue weighted by molar-refractivity contribution is -0.160. The van der Waals surface area contributed by atoms with Gasteiger partial charge >= 0.3 is 0 Å². The minimum atomic E-state index is -2.65. The van der Waals surface area contributed by atoms with Crippen LogP contribution in [0.3, 0.4) is 0 Å². The molecule has 5 heteroatoms. The Morgan fingerprint density at radius 3 is 2.79 bits per heavy atom. The van der Waals surface area contributed by atoms with Gasteiger partial charge in [-0.05, 0) is 6.07 Å². The van der Waals surface area contributed by atoms with E-state index in [1.165, 1.54) is 0 Å². The second-order valence-electron chi connectivity index (χ2n) is 5.18. The first kappa shape index (κ1) is 12.4. The van der Waals surface area contributed by atoms with E-state index in [1.54, 1.807) is 4.90 Å². The van der Waals surface area contributed by atoms with Crippen molar-refractivity contribution in [3.8, 4) is 5.75 Å². The number of nitrogens with zero attached hydrogens (tertiary/aromatic N) is 1. The molecule has 0 N–H and O–H groups in total. The average molecular weight is 267 g/mol. The van der Waals surface area contributed by atoms with Gasteiger partial charge in [0.15, 0.2) is 0 Å². The Labute approximate surface area is 110 Å². The summed E-state index contributed by atoms with van der Waals surface area (Å²) in [5.41, 5.74) is 0.930. The fourth-order valence-corrected chi connectivity index (χ4v) is 2.61. The van der Waals surface area contributed by atoms with E-state index in [-0.39, 0.29) is 18.7 Å². The van der Waals surface area contributed by atoms with Crippen LogP contribution in [0.5, 0.6) is 5.75 Å². The van der Waals surface area contributed by atoms with Crippen LogP contribution in [0.15, 0.2) is 24.3 Å². The van der Waals surface area contributed by atoms with Gasteiger partial charge in [-0.3, -0.25) is 4.79 Å². The van der Waals surface area contributed by atoms with Crippen molar-refractivity contribution in [3.05, 3.63) is 29.8 Å². The monoisotopic (exact) mass is 267 g/mol. The van der Waals surface area contributed by atoms with E-state index in [1.807, 2.05) is 24.3 Å². The van der Waals surface area contributed by atoms with Crippen LogP contribution in [-0.4, -0.2) is 29.9 Å². The lowest BCUT2D eigenvalue weighted by Gasteiger charge is -2.36. The number of hydrogen-bond donors (Lipinski definition) is 0. The van der Waals surface area contributed by atoms with Crippen molar-refractivity contribution >= 4 is 5.91 Å². The number of amides is 1. The molecule has 1 amide bonds. The first-order chi connectivity index (χ1) is 9.05. The summed E-state index contributed by atoms with van der Waals surface area (Å²) in [6.45, 7) is 1.30. The Bertz CT molecular complexity index is 496. The Kier molecular flexibility index (Phi) is 2.92. The van der Waals surface area contributed by atoms with E-state index in [2.05, 4.69) is 0 Å². The van der Waals surface area contributed by atoms with Gasteiger partial charge in [0.2, 0.25) is 11.8 Å². The van der Waals surface area contributed by atoms with E-state index in [4.69, 9.17) is 4.74 Å². The normalized spacial score (nSPS) is 21.9. The molecule has 0 atom stereocenters.